The first-order chi connectivity index (χ1) is 10.4. The van der Waals surface area contributed by atoms with E-state index >= 15 is 0 Å². The maximum atomic E-state index is 13.8. The molecule has 0 radical (unpaired) electrons. The van der Waals surface area contributed by atoms with Crippen LogP contribution in [0, 0.1) is 5.82 Å². The number of aliphatic carboxylic acids is 1. The monoisotopic (exact) mass is 360 g/mol. The van der Waals surface area contributed by atoms with Crippen molar-refractivity contribution in [2.75, 3.05) is 0 Å². The normalized spacial score (nSPS) is 18.3. The molecule has 1 aromatic carbocycles. The van der Waals surface area contributed by atoms with Crippen LogP contribution in [0.3, 0.4) is 0 Å². The van der Waals surface area contributed by atoms with Crippen LogP contribution in [0.2, 0.25) is 5.02 Å². The molecule has 0 saturated carbocycles. The summed E-state index contributed by atoms with van der Waals surface area (Å²) in [5.74, 6) is -1.32. The van der Waals surface area contributed by atoms with Crippen molar-refractivity contribution >= 4 is 40.9 Å². The second kappa shape index (κ2) is 6.67. The van der Waals surface area contributed by atoms with Crippen molar-refractivity contribution in [3.05, 3.63) is 34.2 Å². The summed E-state index contributed by atoms with van der Waals surface area (Å²) >= 11 is 6.24. The van der Waals surface area contributed by atoms with E-state index in [0.29, 0.717) is 30.2 Å². The van der Waals surface area contributed by atoms with Crippen LogP contribution in [0.1, 0.15) is 37.1 Å². The molecule has 1 heterocycles. The first kappa shape index (κ1) is 18.0. The summed E-state index contributed by atoms with van der Waals surface area (Å²) in [7, 11) is 0. The summed E-state index contributed by atoms with van der Waals surface area (Å²) in [6.07, 6.45) is 2.53. The highest BCUT2D eigenvalue weighted by Gasteiger charge is 2.30. The van der Waals surface area contributed by atoms with Crippen molar-refractivity contribution < 1.29 is 14.3 Å². The van der Waals surface area contributed by atoms with Crippen molar-refractivity contribution in [1.82, 2.24) is 4.57 Å². The molecule has 1 aromatic heterocycles. The molecular formula is C16H19Cl2FN2O2. The second-order valence-corrected chi connectivity index (χ2v) is 6.25. The Balaban J connectivity index is 0.00000192. The Hall–Kier alpha value is -1.30. The summed E-state index contributed by atoms with van der Waals surface area (Å²) in [5, 5.41) is 10.5. The predicted molar refractivity (Wildman–Crippen MR) is 91.1 cm³/mol. The molecule has 2 atom stereocenters. The fraction of sp³-hybridized carbons (Fsp3) is 0.438. The third-order valence-electron chi connectivity index (χ3n) is 4.44. The third-order valence-corrected chi connectivity index (χ3v) is 4.72. The van der Waals surface area contributed by atoms with E-state index in [2.05, 4.69) is 0 Å². The molecule has 2 aromatic rings. The molecule has 0 fully saturated rings. The number of fused-ring (bicyclic) bond motifs is 3. The van der Waals surface area contributed by atoms with Crippen LogP contribution in [0.25, 0.3) is 10.9 Å². The fourth-order valence-electron chi connectivity index (χ4n) is 3.47. The number of aromatic nitrogens is 1. The van der Waals surface area contributed by atoms with Crippen LogP contribution in [0.15, 0.2) is 12.1 Å². The van der Waals surface area contributed by atoms with E-state index in [1.165, 1.54) is 12.1 Å². The van der Waals surface area contributed by atoms with E-state index < -0.39 is 17.8 Å². The molecule has 1 aliphatic carbocycles. The van der Waals surface area contributed by atoms with Crippen LogP contribution in [0.5, 0.6) is 0 Å². The van der Waals surface area contributed by atoms with E-state index in [1.54, 1.807) is 4.57 Å². The van der Waals surface area contributed by atoms with Crippen LogP contribution >= 0.6 is 24.0 Å². The topological polar surface area (TPSA) is 68.2 Å². The highest BCUT2D eigenvalue weighted by Crippen LogP contribution is 2.38. The standard InChI is InChI=1S/C16H18ClFN2O2.ClH/c1-2-13(16(21)22)20-14-4-3-9(19)7-10(14)11-5-8(18)6-12(17)15(11)20;/h5-6,9,13H,2-4,7,19H2,1H3,(H,21,22);1H. The van der Waals surface area contributed by atoms with Gasteiger partial charge in [-0.3, -0.25) is 0 Å². The van der Waals surface area contributed by atoms with Crippen molar-refractivity contribution in [3.8, 4) is 0 Å². The number of halogens is 3. The van der Waals surface area contributed by atoms with Gasteiger partial charge in [0.15, 0.2) is 0 Å². The second-order valence-electron chi connectivity index (χ2n) is 5.84. The number of carbonyl (C=O) groups is 1. The van der Waals surface area contributed by atoms with E-state index in [0.717, 1.165) is 17.7 Å². The van der Waals surface area contributed by atoms with Gasteiger partial charge in [-0.05, 0) is 43.4 Å². The molecule has 0 spiro atoms. The molecule has 23 heavy (non-hydrogen) atoms. The van der Waals surface area contributed by atoms with Crippen LogP contribution in [-0.4, -0.2) is 21.7 Å². The largest absolute Gasteiger partial charge is 0.480 e. The zero-order valence-corrected chi connectivity index (χ0v) is 14.3. The van der Waals surface area contributed by atoms with Gasteiger partial charge in [-0.25, -0.2) is 9.18 Å². The smallest absolute Gasteiger partial charge is 0.326 e. The minimum absolute atomic E-state index is 0. The zero-order chi connectivity index (χ0) is 16.0. The van der Waals surface area contributed by atoms with Gasteiger partial charge in [-0.15, -0.1) is 12.4 Å². The average Bonchev–Trinajstić information content (AvgIpc) is 2.74. The average molecular weight is 361 g/mol. The van der Waals surface area contributed by atoms with Crippen molar-refractivity contribution in [2.24, 2.45) is 5.73 Å². The Morgan fingerprint density at radius 2 is 2.26 bits per heavy atom. The fourth-order valence-corrected chi connectivity index (χ4v) is 3.77. The maximum Gasteiger partial charge on any atom is 0.326 e. The quantitative estimate of drug-likeness (QED) is 0.876. The molecule has 0 saturated heterocycles. The predicted octanol–water partition coefficient (Wildman–Crippen LogP) is 3.71. The van der Waals surface area contributed by atoms with Gasteiger partial charge in [-0.1, -0.05) is 18.5 Å². The summed E-state index contributed by atoms with van der Waals surface area (Å²) in [6, 6.07) is 1.98. The molecule has 2 unspecified atom stereocenters. The highest BCUT2D eigenvalue weighted by molar-refractivity contribution is 6.35. The SMILES string of the molecule is CCC(C(=O)O)n1c2c(c3cc(F)cc(Cl)c31)CC(N)CC2.Cl. The summed E-state index contributed by atoms with van der Waals surface area (Å²) < 4.78 is 15.6. The third kappa shape index (κ3) is 2.93. The van der Waals surface area contributed by atoms with Crippen molar-refractivity contribution in [1.29, 1.82) is 0 Å². The first-order valence-electron chi connectivity index (χ1n) is 7.43. The lowest BCUT2D eigenvalue weighted by Crippen LogP contribution is -2.29. The van der Waals surface area contributed by atoms with Gasteiger partial charge in [0.1, 0.15) is 11.9 Å². The number of benzene rings is 1. The number of hydrogen-bond donors (Lipinski definition) is 2. The van der Waals surface area contributed by atoms with Crippen molar-refractivity contribution in [3.63, 3.8) is 0 Å². The molecule has 0 bridgehead atoms. The molecule has 4 nitrogen and oxygen atoms in total. The first-order valence-corrected chi connectivity index (χ1v) is 7.80. The van der Waals surface area contributed by atoms with E-state index in [1.807, 2.05) is 6.92 Å². The summed E-state index contributed by atoms with van der Waals surface area (Å²) in [4.78, 5) is 11.6. The van der Waals surface area contributed by atoms with Crippen molar-refractivity contribution in [2.45, 2.75) is 44.7 Å². The van der Waals surface area contributed by atoms with Gasteiger partial charge >= 0.3 is 5.97 Å². The molecule has 126 valence electrons. The van der Waals surface area contributed by atoms with Gasteiger partial charge in [0.25, 0.3) is 0 Å². The number of nitrogens with zero attached hydrogens (tertiary/aromatic N) is 1. The summed E-state index contributed by atoms with van der Waals surface area (Å²) in [5.41, 5.74) is 8.52. The minimum Gasteiger partial charge on any atom is -0.480 e. The number of carboxylic acids is 1. The molecular weight excluding hydrogens is 342 g/mol. The van der Waals surface area contributed by atoms with Gasteiger partial charge in [0.2, 0.25) is 0 Å². The van der Waals surface area contributed by atoms with Crippen LogP contribution in [0.4, 0.5) is 4.39 Å². The molecule has 1 aliphatic rings. The molecule has 0 amide bonds. The lowest BCUT2D eigenvalue weighted by molar-refractivity contribution is -0.140. The highest BCUT2D eigenvalue weighted by atomic mass is 35.5. The molecule has 3 N–H and O–H groups in total. The molecule has 3 rings (SSSR count). The Labute approximate surface area is 144 Å². The zero-order valence-electron chi connectivity index (χ0n) is 12.7. The minimum atomic E-state index is -0.905. The van der Waals surface area contributed by atoms with E-state index in [9.17, 15) is 14.3 Å². The number of carboxylic acid groups (broad SMARTS) is 1. The van der Waals surface area contributed by atoms with Crippen LogP contribution in [-0.2, 0) is 17.6 Å². The Morgan fingerprint density at radius 1 is 1.57 bits per heavy atom. The van der Waals surface area contributed by atoms with Gasteiger partial charge in [0.05, 0.1) is 10.5 Å². The Kier molecular flexibility index (Phi) is 5.23. The van der Waals surface area contributed by atoms with Crippen LogP contribution < -0.4 is 5.73 Å². The van der Waals surface area contributed by atoms with Gasteiger partial charge < -0.3 is 15.4 Å². The number of hydrogen-bond acceptors (Lipinski definition) is 2. The molecule has 7 heteroatoms. The van der Waals surface area contributed by atoms with E-state index in [4.69, 9.17) is 17.3 Å². The van der Waals surface area contributed by atoms with Gasteiger partial charge in [0, 0.05) is 17.1 Å². The number of nitrogens with two attached hydrogens (primary N) is 1. The summed E-state index contributed by atoms with van der Waals surface area (Å²) in [6.45, 7) is 1.82. The lowest BCUT2D eigenvalue weighted by atomic mass is 9.92. The lowest BCUT2D eigenvalue weighted by Gasteiger charge is -2.23. The Bertz CT molecular complexity index is 760. The Morgan fingerprint density at radius 3 is 2.87 bits per heavy atom. The maximum absolute atomic E-state index is 13.8. The number of rotatable bonds is 3. The molecule has 0 aliphatic heterocycles. The van der Waals surface area contributed by atoms with E-state index in [-0.39, 0.29) is 23.5 Å². The van der Waals surface area contributed by atoms with Gasteiger partial charge in [-0.2, -0.15) is 0 Å².